The lowest BCUT2D eigenvalue weighted by molar-refractivity contribution is 0.0656. The fraction of sp³-hybridized carbons (Fsp3) is 0.364. The average Bonchev–Trinajstić information content (AvgIpc) is 3.18. The normalized spacial score (nSPS) is 16.0. The largest absolute Gasteiger partial charge is 0.445 e. The van der Waals surface area contributed by atoms with Gasteiger partial charge in [-0.2, -0.15) is 0 Å². The van der Waals surface area contributed by atoms with Gasteiger partial charge in [-0.15, -0.1) is 0 Å². The molecule has 2 aromatic heterocycles. The summed E-state index contributed by atoms with van der Waals surface area (Å²) in [4.78, 5) is 27.2. The summed E-state index contributed by atoms with van der Waals surface area (Å²) in [6, 6.07) is 6.49. The number of hydrogen-bond donors (Lipinski definition) is 0. The minimum absolute atomic E-state index is 0.0376. The van der Waals surface area contributed by atoms with Crippen molar-refractivity contribution >= 4 is 5.91 Å². The Morgan fingerprint density at radius 1 is 1.24 bits per heavy atom. The molecule has 0 unspecified atom stereocenters. The number of halogens is 1. The molecule has 7 heteroatoms. The number of aryl methyl sites for hydroxylation is 1. The molecule has 1 amide bonds. The summed E-state index contributed by atoms with van der Waals surface area (Å²) < 4.78 is 19.4. The Morgan fingerprint density at radius 3 is 2.76 bits per heavy atom. The molecule has 1 fully saturated rings. The molecule has 0 spiro atoms. The van der Waals surface area contributed by atoms with Crippen molar-refractivity contribution in [1.29, 1.82) is 0 Å². The molecule has 4 rings (SSSR count). The van der Waals surface area contributed by atoms with Crippen molar-refractivity contribution < 1.29 is 13.6 Å². The number of hydrogen-bond acceptors (Lipinski definition) is 5. The summed E-state index contributed by atoms with van der Waals surface area (Å²) >= 11 is 0. The molecule has 1 aromatic carbocycles. The maximum absolute atomic E-state index is 13.4. The van der Waals surface area contributed by atoms with Gasteiger partial charge in [-0.25, -0.2) is 19.3 Å². The van der Waals surface area contributed by atoms with Crippen molar-refractivity contribution in [2.24, 2.45) is 0 Å². The summed E-state index contributed by atoms with van der Waals surface area (Å²) in [5.41, 5.74) is 1.84. The summed E-state index contributed by atoms with van der Waals surface area (Å²) in [6.45, 7) is 5.16. The van der Waals surface area contributed by atoms with Crippen molar-refractivity contribution in [3.05, 3.63) is 77.3 Å². The molecule has 3 aromatic rings. The molecule has 29 heavy (non-hydrogen) atoms. The number of rotatable bonds is 4. The van der Waals surface area contributed by atoms with Crippen molar-refractivity contribution in [2.45, 2.75) is 38.5 Å². The van der Waals surface area contributed by atoms with Crippen LogP contribution in [-0.2, 0) is 11.8 Å². The van der Waals surface area contributed by atoms with Crippen LogP contribution >= 0.6 is 0 Å². The van der Waals surface area contributed by atoms with Crippen LogP contribution in [0.1, 0.15) is 53.0 Å². The van der Waals surface area contributed by atoms with E-state index in [-0.39, 0.29) is 17.1 Å². The van der Waals surface area contributed by atoms with E-state index in [1.165, 1.54) is 18.5 Å². The van der Waals surface area contributed by atoms with E-state index in [0.29, 0.717) is 42.4 Å². The van der Waals surface area contributed by atoms with E-state index >= 15 is 0 Å². The first-order chi connectivity index (χ1) is 13.9. The molecule has 0 radical (unpaired) electrons. The molecule has 0 saturated carbocycles. The van der Waals surface area contributed by atoms with Gasteiger partial charge in [0.1, 0.15) is 17.9 Å². The quantitative estimate of drug-likeness (QED) is 0.675. The summed E-state index contributed by atoms with van der Waals surface area (Å²) in [5.74, 6) is 1.09. The number of benzene rings is 1. The van der Waals surface area contributed by atoms with Crippen LogP contribution in [0.15, 0.2) is 47.4 Å². The van der Waals surface area contributed by atoms with Gasteiger partial charge in [-0.3, -0.25) is 4.79 Å². The monoisotopic (exact) mass is 394 g/mol. The van der Waals surface area contributed by atoms with Crippen molar-refractivity contribution in [2.75, 3.05) is 13.1 Å². The third-order valence-corrected chi connectivity index (χ3v) is 5.63. The number of nitrogens with zero attached hydrogens (tertiary/aromatic N) is 4. The zero-order valence-electron chi connectivity index (χ0n) is 16.6. The number of carbonyl (C=O) groups excluding carboxylic acids is 1. The Morgan fingerprint density at radius 2 is 2.03 bits per heavy atom. The van der Waals surface area contributed by atoms with Crippen molar-refractivity contribution in [3.63, 3.8) is 0 Å². The SMILES string of the molecule is Cc1ncncc1C(=O)N1CCC(C)(c2ncc(Cc3cccc(F)c3)o2)CC1. The third-order valence-electron chi connectivity index (χ3n) is 5.63. The maximum atomic E-state index is 13.4. The lowest BCUT2D eigenvalue weighted by Gasteiger charge is -2.37. The van der Waals surface area contributed by atoms with Crippen LogP contribution < -0.4 is 0 Å². The van der Waals surface area contributed by atoms with E-state index in [1.54, 1.807) is 18.5 Å². The highest BCUT2D eigenvalue weighted by atomic mass is 19.1. The van der Waals surface area contributed by atoms with Gasteiger partial charge >= 0.3 is 0 Å². The Labute approximate surface area is 168 Å². The number of amides is 1. The predicted molar refractivity (Wildman–Crippen MR) is 105 cm³/mol. The van der Waals surface area contributed by atoms with E-state index in [0.717, 1.165) is 18.4 Å². The number of likely N-dealkylation sites (tertiary alicyclic amines) is 1. The zero-order valence-corrected chi connectivity index (χ0v) is 16.6. The smallest absolute Gasteiger partial charge is 0.257 e. The lowest BCUT2D eigenvalue weighted by atomic mass is 9.80. The number of aromatic nitrogens is 3. The van der Waals surface area contributed by atoms with Crippen LogP contribution in [0.25, 0.3) is 0 Å². The number of oxazole rings is 1. The van der Waals surface area contributed by atoms with Gasteiger partial charge < -0.3 is 9.32 Å². The highest BCUT2D eigenvalue weighted by molar-refractivity contribution is 5.94. The molecule has 1 aliphatic rings. The van der Waals surface area contributed by atoms with Gasteiger partial charge in [0.25, 0.3) is 5.91 Å². The maximum Gasteiger partial charge on any atom is 0.257 e. The molecule has 6 nitrogen and oxygen atoms in total. The minimum Gasteiger partial charge on any atom is -0.445 e. The average molecular weight is 394 g/mol. The van der Waals surface area contributed by atoms with Gasteiger partial charge in [-0.1, -0.05) is 19.1 Å². The Balaban J connectivity index is 1.43. The van der Waals surface area contributed by atoms with E-state index in [2.05, 4.69) is 21.9 Å². The van der Waals surface area contributed by atoms with Gasteiger partial charge in [-0.05, 0) is 37.5 Å². The Kier molecular flexibility index (Phi) is 5.13. The van der Waals surface area contributed by atoms with Gasteiger partial charge in [0.05, 0.1) is 17.5 Å². The fourth-order valence-corrected chi connectivity index (χ4v) is 3.70. The van der Waals surface area contributed by atoms with Crippen LogP contribution in [-0.4, -0.2) is 38.8 Å². The topological polar surface area (TPSA) is 72.1 Å². The molecule has 1 saturated heterocycles. The molecule has 0 bridgehead atoms. The van der Waals surface area contributed by atoms with Gasteiger partial charge in [0.15, 0.2) is 5.89 Å². The number of carbonyl (C=O) groups is 1. The van der Waals surface area contributed by atoms with E-state index in [1.807, 2.05) is 17.9 Å². The van der Waals surface area contributed by atoms with Crippen LogP contribution in [0, 0.1) is 12.7 Å². The van der Waals surface area contributed by atoms with Crippen LogP contribution in [0.3, 0.4) is 0 Å². The summed E-state index contributed by atoms with van der Waals surface area (Å²) in [5, 5.41) is 0. The molecule has 0 N–H and O–H groups in total. The van der Waals surface area contributed by atoms with Crippen molar-refractivity contribution in [1.82, 2.24) is 19.9 Å². The molecule has 1 aliphatic heterocycles. The second-order valence-corrected chi connectivity index (χ2v) is 7.81. The van der Waals surface area contributed by atoms with E-state index in [4.69, 9.17) is 4.42 Å². The highest BCUT2D eigenvalue weighted by Gasteiger charge is 2.37. The fourth-order valence-electron chi connectivity index (χ4n) is 3.70. The van der Waals surface area contributed by atoms with Crippen molar-refractivity contribution in [3.8, 4) is 0 Å². The van der Waals surface area contributed by atoms with Crippen LogP contribution in [0.2, 0.25) is 0 Å². The zero-order chi connectivity index (χ0) is 20.4. The third kappa shape index (κ3) is 4.04. The molecular weight excluding hydrogens is 371 g/mol. The first kappa shape index (κ1) is 19.2. The molecule has 3 heterocycles. The van der Waals surface area contributed by atoms with Gasteiger partial charge in [0.2, 0.25) is 0 Å². The van der Waals surface area contributed by atoms with E-state index in [9.17, 15) is 9.18 Å². The first-order valence-electron chi connectivity index (χ1n) is 9.70. The standard InChI is InChI=1S/C22H23FN4O2/c1-15-19(13-24-14-26-15)20(28)27-8-6-22(2,7-9-27)21-25-12-18(29-21)11-16-4-3-5-17(23)10-16/h3-5,10,12-14H,6-9,11H2,1-2H3. The minimum atomic E-state index is -0.259. The molecule has 150 valence electrons. The molecular formula is C22H23FN4O2. The molecule has 0 atom stereocenters. The summed E-state index contributed by atoms with van der Waals surface area (Å²) in [6.07, 6.45) is 6.75. The Hall–Kier alpha value is -3.09. The Bertz CT molecular complexity index is 1020. The van der Waals surface area contributed by atoms with E-state index < -0.39 is 0 Å². The van der Waals surface area contributed by atoms with Crippen LogP contribution in [0.4, 0.5) is 4.39 Å². The second-order valence-electron chi connectivity index (χ2n) is 7.81. The van der Waals surface area contributed by atoms with Crippen LogP contribution in [0.5, 0.6) is 0 Å². The summed E-state index contributed by atoms with van der Waals surface area (Å²) in [7, 11) is 0. The first-order valence-corrected chi connectivity index (χ1v) is 9.70. The van der Waals surface area contributed by atoms with Gasteiger partial charge in [0, 0.05) is 31.1 Å². The predicted octanol–water partition coefficient (Wildman–Crippen LogP) is 3.70. The molecule has 0 aliphatic carbocycles. The lowest BCUT2D eigenvalue weighted by Crippen LogP contribution is -2.44. The highest BCUT2D eigenvalue weighted by Crippen LogP contribution is 2.35. The number of piperidine rings is 1. The second kappa shape index (κ2) is 7.73.